The number of ether oxygens (including phenoxy) is 1. The molecule has 2 heterocycles. The van der Waals surface area contributed by atoms with E-state index < -0.39 is 5.97 Å². The van der Waals surface area contributed by atoms with Crippen LogP contribution in [0.1, 0.15) is 42.5 Å². The molecule has 25 heavy (non-hydrogen) atoms. The molecule has 6 heteroatoms. The largest absolute Gasteiger partial charge is 0.452 e. The van der Waals surface area contributed by atoms with Gasteiger partial charge in [-0.15, -0.1) is 0 Å². The third-order valence-corrected chi connectivity index (χ3v) is 4.41. The minimum absolute atomic E-state index is 0.108. The summed E-state index contributed by atoms with van der Waals surface area (Å²) in [4.78, 5) is 26.2. The zero-order chi connectivity index (χ0) is 17.5. The van der Waals surface area contributed by atoms with Gasteiger partial charge in [0.2, 0.25) is 0 Å². The Labute approximate surface area is 147 Å². The van der Waals surface area contributed by atoms with Crippen LogP contribution in [0, 0.1) is 0 Å². The Kier molecular flexibility index (Phi) is 5.82. The Morgan fingerprint density at radius 2 is 1.68 bits per heavy atom. The van der Waals surface area contributed by atoms with Crippen molar-refractivity contribution < 1.29 is 14.3 Å². The fraction of sp³-hybridized carbons (Fsp3) is 0.421. The van der Waals surface area contributed by atoms with Crippen molar-refractivity contribution in [3.8, 4) is 5.69 Å². The summed E-state index contributed by atoms with van der Waals surface area (Å²) in [6, 6.07) is 8.78. The van der Waals surface area contributed by atoms with Gasteiger partial charge in [0, 0.05) is 25.5 Å². The number of rotatable bonds is 4. The average Bonchev–Trinajstić information content (AvgIpc) is 3.14. The van der Waals surface area contributed by atoms with Crippen LogP contribution in [0.5, 0.6) is 0 Å². The molecule has 1 aliphatic heterocycles. The number of nitrogens with zero attached hydrogens (tertiary/aromatic N) is 3. The first kappa shape index (κ1) is 17.2. The fourth-order valence-corrected chi connectivity index (χ4v) is 2.97. The third kappa shape index (κ3) is 4.68. The molecule has 6 nitrogen and oxygen atoms in total. The van der Waals surface area contributed by atoms with Crippen LogP contribution in [0.2, 0.25) is 0 Å². The maximum absolute atomic E-state index is 12.2. The highest BCUT2D eigenvalue weighted by atomic mass is 16.5. The van der Waals surface area contributed by atoms with Crippen molar-refractivity contribution in [1.29, 1.82) is 0 Å². The highest BCUT2D eigenvalue weighted by Crippen LogP contribution is 2.12. The van der Waals surface area contributed by atoms with Gasteiger partial charge in [0.05, 0.1) is 11.3 Å². The van der Waals surface area contributed by atoms with Crippen LogP contribution < -0.4 is 0 Å². The Balaban J connectivity index is 1.52. The lowest BCUT2D eigenvalue weighted by Gasteiger charge is -2.24. The molecular weight excluding hydrogens is 318 g/mol. The molecule has 0 unspecified atom stereocenters. The number of likely N-dealkylation sites (tertiary alicyclic amines) is 1. The number of carbonyl (C=O) groups is 2. The molecule has 0 saturated carbocycles. The summed E-state index contributed by atoms with van der Waals surface area (Å²) in [6.45, 7) is 1.32. The zero-order valence-electron chi connectivity index (χ0n) is 14.3. The van der Waals surface area contributed by atoms with Gasteiger partial charge in [-0.1, -0.05) is 19.3 Å². The number of benzene rings is 1. The molecule has 1 saturated heterocycles. The van der Waals surface area contributed by atoms with Crippen LogP contribution in [0.15, 0.2) is 42.7 Å². The highest BCUT2D eigenvalue weighted by molar-refractivity contribution is 5.91. The van der Waals surface area contributed by atoms with Crippen LogP contribution in [0.3, 0.4) is 0 Å². The van der Waals surface area contributed by atoms with E-state index in [1.165, 1.54) is 6.42 Å². The van der Waals surface area contributed by atoms with Gasteiger partial charge in [-0.05, 0) is 43.2 Å². The van der Waals surface area contributed by atoms with Crippen molar-refractivity contribution >= 4 is 11.9 Å². The molecule has 1 aromatic carbocycles. The van der Waals surface area contributed by atoms with E-state index in [1.54, 1.807) is 35.1 Å². The van der Waals surface area contributed by atoms with Crippen molar-refractivity contribution in [3.63, 3.8) is 0 Å². The van der Waals surface area contributed by atoms with Crippen LogP contribution in [-0.4, -0.2) is 46.3 Å². The summed E-state index contributed by atoms with van der Waals surface area (Å²) in [5.41, 5.74) is 1.29. The zero-order valence-corrected chi connectivity index (χ0v) is 14.3. The summed E-state index contributed by atoms with van der Waals surface area (Å²) in [7, 11) is 0. The van der Waals surface area contributed by atoms with Gasteiger partial charge in [0.15, 0.2) is 6.61 Å². The Hall–Kier alpha value is -2.63. The van der Waals surface area contributed by atoms with Crippen LogP contribution >= 0.6 is 0 Å². The molecule has 0 spiro atoms. The number of hydrogen-bond donors (Lipinski definition) is 0. The van der Waals surface area contributed by atoms with E-state index in [-0.39, 0.29) is 12.5 Å². The predicted molar refractivity (Wildman–Crippen MR) is 93.5 cm³/mol. The standard InChI is InChI=1S/C19H23N3O3/c23-18(21-12-4-2-1-3-5-13-21)15-25-19(24)16-7-9-17(10-8-16)22-14-6-11-20-22/h6-11,14H,1-5,12-13,15H2. The monoisotopic (exact) mass is 341 g/mol. The fourth-order valence-electron chi connectivity index (χ4n) is 2.97. The number of hydrogen-bond acceptors (Lipinski definition) is 4. The molecule has 0 atom stereocenters. The maximum Gasteiger partial charge on any atom is 0.338 e. The van der Waals surface area contributed by atoms with E-state index in [9.17, 15) is 9.59 Å². The first-order chi connectivity index (χ1) is 12.2. The van der Waals surface area contributed by atoms with Gasteiger partial charge < -0.3 is 9.64 Å². The summed E-state index contributed by atoms with van der Waals surface area (Å²) in [6.07, 6.45) is 9.13. The summed E-state index contributed by atoms with van der Waals surface area (Å²) in [5, 5.41) is 4.14. The average molecular weight is 341 g/mol. The molecule has 1 amide bonds. The van der Waals surface area contributed by atoms with Gasteiger partial charge >= 0.3 is 5.97 Å². The van der Waals surface area contributed by atoms with Crippen molar-refractivity contribution in [2.45, 2.75) is 32.1 Å². The molecule has 1 fully saturated rings. The normalized spacial score (nSPS) is 15.3. The second-order valence-electron chi connectivity index (χ2n) is 6.22. The SMILES string of the molecule is O=C(OCC(=O)N1CCCCCCC1)c1ccc(-n2cccn2)cc1. The van der Waals surface area contributed by atoms with E-state index in [1.807, 2.05) is 17.2 Å². The van der Waals surface area contributed by atoms with E-state index in [4.69, 9.17) is 4.74 Å². The lowest BCUT2D eigenvalue weighted by molar-refractivity contribution is -0.134. The topological polar surface area (TPSA) is 64.4 Å². The second kappa shape index (κ2) is 8.46. The van der Waals surface area contributed by atoms with Crippen molar-refractivity contribution in [2.24, 2.45) is 0 Å². The minimum Gasteiger partial charge on any atom is -0.452 e. The van der Waals surface area contributed by atoms with Crippen LogP contribution in [0.25, 0.3) is 5.69 Å². The molecule has 1 aromatic heterocycles. The van der Waals surface area contributed by atoms with Gasteiger partial charge in [0.25, 0.3) is 5.91 Å². The van der Waals surface area contributed by atoms with Crippen molar-refractivity contribution in [3.05, 3.63) is 48.3 Å². The maximum atomic E-state index is 12.2. The molecule has 0 radical (unpaired) electrons. The summed E-state index contributed by atoms with van der Waals surface area (Å²) >= 11 is 0. The van der Waals surface area contributed by atoms with E-state index in [0.717, 1.165) is 44.5 Å². The molecule has 2 aromatic rings. The van der Waals surface area contributed by atoms with Crippen molar-refractivity contribution in [2.75, 3.05) is 19.7 Å². The van der Waals surface area contributed by atoms with Gasteiger partial charge in [-0.3, -0.25) is 4.79 Å². The van der Waals surface area contributed by atoms with E-state index in [2.05, 4.69) is 5.10 Å². The van der Waals surface area contributed by atoms with Gasteiger partial charge in [-0.25, -0.2) is 9.48 Å². The molecule has 0 N–H and O–H groups in total. The first-order valence-corrected chi connectivity index (χ1v) is 8.79. The second-order valence-corrected chi connectivity index (χ2v) is 6.22. The Morgan fingerprint density at radius 3 is 2.32 bits per heavy atom. The summed E-state index contributed by atoms with van der Waals surface area (Å²) in [5.74, 6) is -0.587. The molecule has 132 valence electrons. The third-order valence-electron chi connectivity index (χ3n) is 4.41. The number of carbonyl (C=O) groups excluding carboxylic acids is 2. The Bertz CT molecular complexity index is 687. The number of amides is 1. The van der Waals surface area contributed by atoms with E-state index in [0.29, 0.717) is 5.56 Å². The molecule has 3 rings (SSSR count). The highest BCUT2D eigenvalue weighted by Gasteiger charge is 2.17. The first-order valence-electron chi connectivity index (χ1n) is 8.79. The Morgan fingerprint density at radius 1 is 1.00 bits per heavy atom. The molecular formula is C19H23N3O3. The lowest BCUT2D eigenvalue weighted by atomic mass is 10.1. The number of esters is 1. The van der Waals surface area contributed by atoms with Crippen molar-refractivity contribution in [1.82, 2.24) is 14.7 Å². The lowest BCUT2D eigenvalue weighted by Crippen LogP contribution is -2.36. The number of aromatic nitrogens is 2. The van der Waals surface area contributed by atoms with E-state index >= 15 is 0 Å². The molecule has 1 aliphatic rings. The summed E-state index contributed by atoms with van der Waals surface area (Å²) < 4.78 is 6.90. The molecule has 0 aliphatic carbocycles. The predicted octanol–water partition coefficient (Wildman–Crippen LogP) is 2.82. The van der Waals surface area contributed by atoms with Crippen LogP contribution in [0.4, 0.5) is 0 Å². The quantitative estimate of drug-likeness (QED) is 0.802. The smallest absolute Gasteiger partial charge is 0.338 e. The van der Waals surface area contributed by atoms with Gasteiger partial charge in [-0.2, -0.15) is 5.10 Å². The minimum atomic E-state index is -0.479. The van der Waals surface area contributed by atoms with Gasteiger partial charge in [0.1, 0.15) is 0 Å². The van der Waals surface area contributed by atoms with Crippen LogP contribution in [-0.2, 0) is 9.53 Å². The molecule has 0 bridgehead atoms.